The lowest BCUT2D eigenvalue weighted by Crippen LogP contribution is -2.25. The van der Waals surface area contributed by atoms with Crippen molar-refractivity contribution in [1.29, 1.82) is 0 Å². The van der Waals surface area contributed by atoms with Crippen molar-refractivity contribution in [1.82, 2.24) is 10.6 Å². The van der Waals surface area contributed by atoms with Gasteiger partial charge < -0.3 is 10.6 Å². The highest BCUT2D eigenvalue weighted by Gasteiger charge is 1.84. The zero-order chi connectivity index (χ0) is 7.82. The zero-order valence-corrected chi connectivity index (χ0v) is 6.19. The second-order valence-electron chi connectivity index (χ2n) is 1.82. The predicted molar refractivity (Wildman–Crippen MR) is 45.5 cm³/mol. The summed E-state index contributed by atoms with van der Waals surface area (Å²) in [5, 5.41) is 5.99. The maximum absolute atomic E-state index is 3.71. The molecule has 2 nitrogen and oxygen atoms in total. The average Bonchev–Trinajstić information content (AvgIpc) is 1.97. The molecule has 0 heterocycles. The van der Waals surface area contributed by atoms with Gasteiger partial charge in [0.1, 0.15) is 0 Å². The third-order valence-electron chi connectivity index (χ3n) is 0.920. The maximum Gasteiger partial charge on any atom is 0.0917 e. The van der Waals surface area contributed by atoms with Gasteiger partial charge in [-0.1, -0.05) is 18.7 Å². The van der Waals surface area contributed by atoms with Crippen molar-refractivity contribution in [3.63, 3.8) is 0 Å². The summed E-state index contributed by atoms with van der Waals surface area (Å²) in [4.78, 5) is 0. The van der Waals surface area contributed by atoms with E-state index in [2.05, 4.69) is 30.4 Å². The topological polar surface area (TPSA) is 24.1 Å². The first-order chi connectivity index (χ1) is 4.81. The molecule has 0 saturated carbocycles. The molecule has 2 heteroatoms. The fourth-order valence-corrected chi connectivity index (χ4v) is 0.453. The maximum atomic E-state index is 3.71. The molecule has 2 N–H and O–H groups in total. The molecule has 0 fully saturated rings. The van der Waals surface area contributed by atoms with Gasteiger partial charge in [-0.25, -0.2) is 0 Å². The quantitative estimate of drug-likeness (QED) is 0.535. The van der Waals surface area contributed by atoms with E-state index in [1.54, 1.807) is 12.2 Å². The van der Waals surface area contributed by atoms with Crippen LogP contribution in [0.1, 0.15) is 0 Å². The van der Waals surface area contributed by atoms with Crippen LogP contribution in [0.2, 0.25) is 0 Å². The molecule has 0 atom stereocenters. The van der Waals surface area contributed by atoms with E-state index in [9.17, 15) is 0 Å². The van der Waals surface area contributed by atoms with Crippen LogP contribution in [-0.4, -0.2) is 13.1 Å². The highest BCUT2D eigenvalue weighted by molar-refractivity contribution is 4.92. The van der Waals surface area contributed by atoms with Crippen molar-refractivity contribution < 1.29 is 0 Å². The largest absolute Gasteiger partial charge is 0.369 e. The molecule has 0 amide bonds. The molecule has 0 aromatic carbocycles. The van der Waals surface area contributed by atoms with Crippen LogP contribution in [0.3, 0.4) is 0 Å². The molecule has 0 rings (SSSR count). The van der Waals surface area contributed by atoms with Crippen molar-refractivity contribution in [2.45, 2.75) is 0 Å². The Kier molecular flexibility index (Phi) is 5.25. The minimum Gasteiger partial charge on any atom is -0.369 e. The summed E-state index contributed by atoms with van der Waals surface area (Å²) < 4.78 is 0. The second-order valence-corrected chi connectivity index (χ2v) is 1.82. The van der Waals surface area contributed by atoms with E-state index >= 15 is 0 Å². The van der Waals surface area contributed by atoms with Gasteiger partial charge in [-0.05, 0) is 0 Å². The Hall–Kier alpha value is -1.18. The fourth-order valence-electron chi connectivity index (χ4n) is 0.453. The predicted octanol–water partition coefficient (Wildman–Crippen LogP) is 1.01. The summed E-state index contributed by atoms with van der Waals surface area (Å²) >= 11 is 0. The molecule has 0 aromatic rings. The van der Waals surface area contributed by atoms with Crippen molar-refractivity contribution in [3.8, 4) is 0 Å². The molecule has 0 aromatic heterocycles. The summed E-state index contributed by atoms with van der Waals surface area (Å²) in [6, 6.07) is 0. The van der Waals surface area contributed by atoms with Gasteiger partial charge in [-0.3, -0.25) is 0 Å². The Balaban J connectivity index is 3.24. The molecule has 56 valence electrons. The van der Waals surface area contributed by atoms with E-state index in [0.29, 0.717) is 0 Å². The molecule has 0 aliphatic heterocycles. The van der Waals surface area contributed by atoms with Crippen LogP contribution in [0.4, 0.5) is 0 Å². The van der Waals surface area contributed by atoms with Gasteiger partial charge in [-0.15, -0.1) is 13.2 Å². The van der Waals surface area contributed by atoms with E-state index in [4.69, 9.17) is 0 Å². The van der Waals surface area contributed by atoms with Crippen LogP contribution in [0.25, 0.3) is 0 Å². The van der Waals surface area contributed by atoms with E-state index in [1.807, 2.05) is 0 Å². The Morgan fingerprint density at radius 2 is 1.50 bits per heavy atom. The van der Waals surface area contributed by atoms with Crippen molar-refractivity contribution in [2.24, 2.45) is 0 Å². The van der Waals surface area contributed by atoms with Gasteiger partial charge in [0.2, 0.25) is 0 Å². The minimum absolute atomic E-state index is 0.739. The summed E-state index contributed by atoms with van der Waals surface area (Å²) in [7, 11) is 0. The fraction of sp³-hybridized carbons (Fsp3) is 0.250. The standard InChI is InChI=1S/C8H14N2/c1-4-6-9-8(3)10-7-5-2/h4-5,9-10H,1-3,6-7H2. The molecule has 0 saturated heterocycles. The lowest BCUT2D eigenvalue weighted by atomic mass is 10.5. The van der Waals surface area contributed by atoms with Crippen LogP contribution < -0.4 is 10.6 Å². The van der Waals surface area contributed by atoms with Gasteiger partial charge in [0.25, 0.3) is 0 Å². The van der Waals surface area contributed by atoms with Gasteiger partial charge in [0.15, 0.2) is 0 Å². The highest BCUT2D eigenvalue weighted by Crippen LogP contribution is 1.74. The molecule has 10 heavy (non-hydrogen) atoms. The average molecular weight is 138 g/mol. The first kappa shape index (κ1) is 8.82. The van der Waals surface area contributed by atoms with Crippen LogP contribution in [-0.2, 0) is 0 Å². The summed E-state index contributed by atoms with van der Waals surface area (Å²) in [6.45, 7) is 12.3. The Labute approximate surface area is 62.3 Å². The number of hydrogen-bond acceptors (Lipinski definition) is 2. The summed E-state index contributed by atoms with van der Waals surface area (Å²) in [5.41, 5.74) is 0. The highest BCUT2D eigenvalue weighted by atomic mass is 15.1. The zero-order valence-electron chi connectivity index (χ0n) is 6.19. The van der Waals surface area contributed by atoms with Gasteiger partial charge in [-0.2, -0.15) is 0 Å². The van der Waals surface area contributed by atoms with Gasteiger partial charge >= 0.3 is 0 Å². The van der Waals surface area contributed by atoms with E-state index in [-0.39, 0.29) is 0 Å². The first-order valence-corrected chi connectivity index (χ1v) is 3.19. The monoisotopic (exact) mass is 138 g/mol. The van der Waals surface area contributed by atoms with E-state index in [0.717, 1.165) is 18.9 Å². The van der Waals surface area contributed by atoms with Crippen LogP contribution in [0, 0.1) is 0 Å². The SMILES string of the molecule is C=CCNC(=C)NCC=C. The van der Waals surface area contributed by atoms with Crippen molar-refractivity contribution in [2.75, 3.05) is 13.1 Å². The summed E-state index contributed by atoms with van der Waals surface area (Å²) in [5.74, 6) is 0.805. The third-order valence-corrected chi connectivity index (χ3v) is 0.920. The molecule has 0 spiro atoms. The molecule has 0 unspecified atom stereocenters. The molecule has 0 bridgehead atoms. The molecular formula is C8H14N2. The normalized spacial score (nSPS) is 8.00. The number of rotatable bonds is 6. The van der Waals surface area contributed by atoms with Crippen molar-refractivity contribution in [3.05, 3.63) is 37.7 Å². The number of hydrogen-bond donors (Lipinski definition) is 2. The second kappa shape index (κ2) is 5.95. The van der Waals surface area contributed by atoms with Crippen molar-refractivity contribution >= 4 is 0 Å². The van der Waals surface area contributed by atoms with E-state index < -0.39 is 0 Å². The first-order valence-electron chi connectivity index (χ1n) is 3.19. The Morgan fingerprint density at radius 3 is 1.80 bits per heavy atom. The third kappa shape index (κ3) is 4.97. The lowest BCUT2D eigenvalue weighted by Gasteiger charge is -2.07. The summed E-state index contributed by atoms with van der Waals surface area (Å²) in [6.07, 6.45) is 3.56. The van der Waals surface area contributed by atoms with Gasteiger partial charge in [0.05, 0.1) is 5.82 Å². The molecule has 0 aliphatic rings. The van der Waals surface area contributed by atoms with Crippen LogP contribution in [0.5, 0.6) is 0 Å². The minimum atomic E-state index is 0.739. The number of nitrogens with one attached hydrogen (secondary N) is 2. The van der Waals surface area contributed by atoms with Gasteiger partial charge in [0, 0.05) is 13.1 Å². The lowest BCUT2D eigenvalue weighted by molar-refractivity contribution is 0.768. The Morgan fingerprint density at radius 1 is 1.10 bits per heavy atom. The van der Waals surface area contributed by atoms with Crippen LogP contribution in [0.15, 0.2) is 37.7 Å². The Bertz CT molecular complexity index is 113. The molecule has 0 radical (unpaired) electrons. The van der Waals surface area contributed by atoms with Crippen LogP contribution >= 0.6 is 0 Å². The smallest absolute Gasteiger partial charge is 0.0917 e. The van der Waals surface area contributed by atoms with E-state index in [1.165, 1.54) is 0 Å². The molecule has 0 aliphatic carbocycles. The molecular weight excluding hydrogens is 124 g/mol.